The van der Waals surface area contributed by atoms with Crippen LogP contribution in [-0.4, -0.2) is 77.3 Å². The van der Waals surface area contributed by atoms with E-state index in [-0.39, 0.29) is 31.1 Å². The lowest BCUT2D eigenvalue weighted by Gasteiger charge is -2.40. The summed E-state index contributed by atoms with van der Waals surface area (Å²) in [5, 5.41) is 17.5. The molecule has 0 aromatic heterocycles. The van der Waals surface area contributed by atoms with E-state index in [0.29, 0.717) is 11.8 Å². The first kappa shape index (κ1) is 22.6. The lowest BCUT2D eigenvalue weighted by atomic mass is 9.77. The van der Waals surface area contributed by atoms with E-state index in [1.807, 2.05) is 24.0 Å². The maximum Gasteiger partial charge on any atom is 0.290 e. The van der Waals surface area contributed by atoms with Crippen molar-refractivity contribution in [3.05, 3.63) is 29.3 Å². The maximum absolute atomic E-state index is 12.7. The van der Waals surface area contributed by atoms with Crippen molar-refractivity contribution >= 4 is 12.4 Å². The van der Waals surface area contributed by atoms with Crippen LogP contribution in [0.25, 0.3) is 0 Å². The quantitative estimate of drug-likeness (QED) is 0.728. The number of nitrogens with zero attached hydrogens (tertiary/aromatic N) is 2. The Hall–Kier alpha value is -2.12. The Morgan fingerprint density at radius 2 is 1.80 bits per heavy atom. The minimum absolute atomic E-state index is 0.0671. The number of aliphatic hydroxyl groups excluding tert-OH is 1. The van der Waals surface area contributed by atoms with E-state index in [1.54, 1.807) is 0 Å². The number of carbonyl (C=O) groups is 2. The fourth-order valence-corrected chi connectivity index (χ4v) is 5.19. The van der Waals surface area contributed by atoms with Gasteiger partial charge in [0.15, 0.2) is 6.61 Å². The third-order valence-electron chi connectivity index (χ3n) is 6.98. The van der Waals surface area contributed by atoms with Gasteiger partial charge in [-0.2, -0.15) is 0 Å². The number of hydrogen-bond donors (Lipinski definition) is 2. The molecule has 2 heterocycles. The van der Waals surface area contributed by atoms with Crippen molar-refractivity contribution in [2.45, 2.75) is 51.7 Å². The summed E-state index contributed by atoms with van der Waals surface area (Å²) < 4.78 is 5.82. The molecule has 1 aromatic carbocycles. The molecule has 166 valence electrons. The summed E-state index contributed by atoms with van der Waals surface area (Å²) in [6, 6.07) is 6.23. The van der Waals surface area contributed by atoms with Gasteiger partial charge in [0.1, 0.15) is 5.75 Å². The number of benzene rings is 1. The Bertz CT molecular complexity index is 734. The van der Waals surface area contributed by atoms with Crippen molar-refractivity contribution in [1.29, 1.82) is 0 Å². The maximum atomic E-state index is 12.7. The molecule has 1 aliphatic carbocycles. The zero-order valence-electron chi connectivity index (χ0n) is 18.0. The van der Waals surface area contributed by atoms with Gasteiger partial charge in [-0.25, -0.2) is 0 Å². The number of amides is 1. The largest absolute Gasteiger partial charge is 0.483 e. The summed E-state index contributed by atoms with van der Waals surface area (Å²) in [5.41, 5.74) is 2.27. The van der Waals surface area contributed by atoms with Crippen LogP contribution < -0.4 is 4.74 Å². The fourth-order valence-electron chi connectivity index (χ4n) is 5.19. The van der Waals surface area contributed by atoms with E-state index in [9.17, 15) is 9.90 Å². The van der Waals surface area contributed by atoms with Gasteiger partial charge in [0, 0.05) is 19.1 Å². The molecule has 4 atom stereocenters. The molecular formula is C23H34N2O5. The number of fused-ring (bicyclic) bond motifs is 1. The summed E-state index contributed by atoms with van der Waals surface area (Å²) in [6.07, 6.45) is 4.10. The average Bonchev–Trinajstić information content (AvgIpc) is 3.38. The zero-order valence-corrected chi connectivity index (χ0v) is 18.0. The Labute approximate surface area is 178 Å². The van der Waals surface area contributed by atoms with E-state index in [2.05, 4.69) is 17.9 Å². The number of aliphatic hydroxyl groups is 1. The Morgan fingerprint density at radius 3 is 2.47 bits per heavy atom. The fraction of sp³-hybridized carbons (Fsp3) is 0.652. The highest BCUT2D eigenvalue weighted by atomic mass is 16.5. The molecule has 1 aromatic rings. The predicted molar refractivity (Wildman–Crippen MR) is 113 cm³/mol. The van der Waals surface area contributed by atoms with Gasteiger partial charge in [0.2, 0.25) is 0 Å². The van der Waals surface area contributed by atoms with Gasteiger partial charge in [0.05, 0.1) is 6.10 Å². The molecule has 7 nitrogen and oxygen atoms in total. The first-order valence-electron chi connectivity index (χ1n) is 10.9. The van der Waals surface area contributed by atoms with Gasteiger partial charge >= 0.3 is 0 Å². The van der Waals surface area contributed by atoms with E-state index < -0.39 is 0 Å². The molecule has 1 amide bonds. The molecule has 30 heavy (non-hydrogen) atoms. The van der Waals surface area contributed by atoms with Crippen molar-refractivity contribution in [2.24, 2.45) is 11.8 Å². The van der Waals surface area contributed by atoms with E-state index >= 15 is 0 Å². The Balaban J connectivity index is 0.000000806. The number of aryl methyl sites for hydroxylation is 1. The van der Waals surface area contributed by atoms with Crippen LogP contribution in [-0.2, 0) is 9.59 Å². The van der Waals surface area contributed by atoms with Crippen LogP contribution >= 0.6 is 0 Å². The molecule has 0 spiro atoms. The third kappa shape index (κ3) is 5.13. The zero-order chi connectivity index (χ0) is 21.7. The van der Waals surface area contributed by atoms with Gasteiger partial charge in [-0.05, 0) is 81.6 Å². The summed E-state index contributed by atoms with van der Waals surface area (Å²) >= 11 is 0. The highest BCUT2D eigenvalue weighted by molar-refractivity contribution is 5.78. The minimum atomic E-state index is -0.250. The van der Waals surface area contributed by atoms with E-state index in [1.165, 1.54) is 18.4 Å². The third-order valence-corrected chi connectivity index (χ3v) is 6.98. The molecule has 0 radical (unpaired) electrons. The molecule has 2 N–H and O–H groups in total. The Kier molecular flexibility index (Phi) is 7.72. The monoisotopic (exact) mass is 418 g/mol. The second kappa shape index (κ2) is 10.3. The summed E-state index contributed by atoms with van der Waals surface area (Å²) in [7, 11) is 0. The molecule has 2 aliphatic heterocycles. The Morgan fingerprint density at radius 1 is 1.17 bits per heavy atom. The number of ether oxygens (including phenoxy) is 1. The van der Waals surface area contributed by atoms with E-state index in [4.69, 9.17) is 14.6 Å². The minimum Gasteiger partial charge on any atom is -0.483 e. The molecule has 2 saturated heterocycles. The van der Waals surface area contributed by atoms with Gasteiger partial charge < -0.3 is 19.8 Å². The predicted octanol–water partition coefficient (Wildman–Crippen LogP) is 2.08. The smallest absolute Gasteiger partial charge is 0.290 e. The lowest BCUT2D eigenvalue weighted by Crippen LogP contribution is -2.48. The van der Waals surface area contributed by atoms with Crippen molar-refractivity contribution in [2.75, 3.05) is 32.8 Å². The molecule has 0 bridgehead atoms. The van der Waals surface area contributed by atoms with Gasteiger partial charge in [0.25, 0.3) is 12.4 Å². The lowest BCUT2D eigenvalue weighted by molar-refractivity contribution is -0.132. The van der Waals surface area contributed by atoms with Crippen molar-refractivity contribution < 1.29 is 24.5 Å². The second-order valence-corrected chi connectivity index (χ2v) is 8.76. The van der Waals surface area contributed by atoms with Crippen LogP contribution in [0.1, 0.15) is 36.8 Å². The number of hydrogen-bond acceptors (Lipinski definition) is 5. The summed E-state index contributed by atoms with van der Waals surface area (Å²) in [6.45, 7) is 7.75. The number of carboxylic acid groups (broad SMARTS) is 1. The molecule has 3 fully saturated rings. The summed E-state index contributed by atoms with van der Waals surface area (Å²) in [5.74, 6) is 1.81. The topological polar surface area (TPSA) is 90.3 Å². The van der Waals surface area contributed by atoms with Crippen LogP contribution in [0, 0.1) is 25.7 Å². The molecule has 0 unspecified atom stereocenters. The second-order valence-electron chi connectivity index (χ2n) is 8.76. The molecule has 7 heteroatoms. The first-order valence-corrected chi connectivity index (χ1v) is 10.9. The summed E-state index contributed by atoms with van der Waals surface area (Å²) in [4.78, 5) is 25.5. The molecule has 1 saturated carbocycles. The van der Waals surface area contributed by atoms with Crippen LogP contribution in [0.4, 0.5) is 0 Å². The van der Waals surface area contributed by atoms with Crippen molar-refractivity contribution in [3.8, 4) is 5.75 Å². The van der Waals surface area contributed by atoms with Crippen molar-refractivity contribution in [1.82, 2.24) is 9.80 Å². The number of likely N-dealkylation sites (tertiary alicyclic amines) is 2. The van der Waals surface area contributed by atoms with Crippen LogP contribution in [0.5, 0.6) is 5.75 Å². The average molecular weight is 419 g/mol. The number of carbonyl (C=O) groups excluding carboxylic acids is 1. The van der Waals surface area contributed by atoms with Crippen molar-refractivity contribution in [3.63, 3.8) is 0 Å². The standard InChI is InChI=1S/C22H32N2O3.CH2O2/c1-15-6-5-7-21(16(15)2)27-14-22(26)24-12-17-10-19(23-8-3-4-9-23)20(25)11-18(17)13-24;2-1-3/h5-7,17-20,25H,3-4,8-14H2,1-2H3;1H,(H,2,3)/t17-,18+,19-,20-;/m1./s1. The normalized spacial score (nSPS) is 28.4. The van der Waals surface area contributed by atoms with Gasteiger partial charge in [-0.3, -0.25) is 14.5 Å². The van der Waals surface area contributed by atoms with Gasteiger partial charge in [-0.15, -0.1) is 0 Å². The molecule has 3 aliphatic rings. The first-order chi connectivity index (χ1) is 14.4. The van der Waals surface area contributed by atoms with Gasteiger partial charge in [-0.1, -0.05) is 12.1 Å². The molecule has 4 rings (SSSR count). The van der Waals surface area contributed by atoms with E-state index in [0.717, 1.165) is 50.3 Å². The van der Waals surface area contributed by atoms with Crippen LogP contribution in [0.2, 0.25) is 0 Å². The van der Waals surface area contributed by atoms with Crippen LogP contribution in [0.3, 0.4) is 0 Å². The highest BCUT2D eigenvalue weighted by Gasteiger charge is 2.44. The molecular weight excluding hydrogens is 384 g/mol. The number of rotatable bonds is 4. The van der Waals surface area contributed by atoms with Crippen LogP contribution in [0.15, 0.2) is 18.2 Å². The highest BCUT2D eigenvalue weighted by Crippen LogP contribution is 2.39. The SMILES string of the molecule is Cc1cccc(OCC(=O)N2C[C@H]3C[C@@H](N4CCCC4)[C@H](O)C[C@H]3C2)c1C.O=CO.